The summed E-state index contributed by atoms with van der Waals surface area (Å²) in [7, 11) is 1.94. The Balaban J connectivity index is 2.13. The molecule has 0 amide bonds. The van der Waals surface area contributed by atoms with Gasteiger partial charge < -0.3 is 5.32 Å². The highest BCUT2D eigenvalue weighted by Gasteiger charge is 2.12. The number of hydrogen-bond donors (Lipinski definition) is 1. The molecule has 0 aliphatic rings. The van der Waals surface area contributed by atoms with E-state index in [0.29, 0.717) is 0 Å². The van der Waals surface area contributed by atoms with Crippen LogP contribution in [0.15, 0.2) is 36.5 Å². The van der Waals surface area contributed by atoms with E-state index < -0.39 is 0 Å². The Morgan fingerprint density at radius 3 is 2.58 bits per heavy atom. The van der Waals surface area contributed by atoms with Gasteiger partial charge in [-0.2, -0.15) is 5.10 Å². The second-order valence-corrected chi connectivity index (χ2v) is 5.18. The van der Waals surface area contributed by atoms with Crippen LogP contribution in [0.1, 0.15) is 30.6 Å². The van der Waals surface area contributed by atoms with Crippen molar-refractivity contribution in [2.75, 3.05) is 6.54 Å². The Bertz CT molecular complexity index is 504. The zero-order valence-electron chi connectivity index (χ0n) is 11.4. The molecule has 1 heterocycles. The number of nitrogens with one attached hydrogen (secondary N) is 1. The number of aryl methyl sites for hydroxylation is 1. The van der Waals surface area contributed by atoms with E-state index in [-0.39, 0.29) is 6.04 Å². The molecule has 1 N–H and O–H groups in total. The van der Waals surface area contributed by atoms with Gasteiger partial charge in [0.2, 0.25) is 0 Å². The summed E-state index contributed by atoms with van der Waals surface area (Å²) in [6, 6.07) is 10.4. The van der Waals surface area contributed by atoms with Crippen molar-refractivity contribution >= 4 is 11.6 Å². The average Bonchev–Trinajstić information content (AvgIpc) is 2.81. The van der Waals surface area contributed by atoms with Crippen LogP contribution in [0.25, 0.3) is 0 Å². The molecular formula is C15H20ClN3. The number of hydrogen-bond acceptors (Lipinski definition) is 2. The third-order valence-corrected chi connectivity index (χ3v) is 3.35. The summed E-state index contributed by atoms with van der Waals surface area (Å²) in [5.41, 5.74) is 2.36. The van der Waals surface area contributed by atoms with E-state index in [2.05, 4.69) is 35.5 Å². The summed E-state index contributed by atoms with van der Waals surface area (Å²) in [6.07, 6.45) is 3.99. The van der Waals surface area contributed by atoms with Crippen LogP contribution in [0.4, 0.5) is 0 Å². The van der Waals surface area contributed by atoms with Crippen LogP contribution in [-0.4, -0.2) is 16.3 Å². The van der Waals surface area contributed by atoms with Gasteiger partial charge in [0.1, 0.15) is 0 Å². The quantitative estimate of drug-likeness (QED) is 0.877. The van der Waals surface area contributed by atoms with E-state index in [1.807, 2.05) is 30.1 Å². The Labute approximate surface area is 119 Å². The molecule has 2 aromatic rings. The van der Waals surface area contributed by atoms with Gasteiger partial charge >= 0.3 is 0 Å². The first-order valence-corrected chi connectivity index (χ1v) is 7.04. The van der Waals surface area contributed by atoms with Gasteiger partial charge in [-0.1, -0.05) is 30.7 Å². The van der Waals surface area contributed by atoms with Crippen molar-refractivity contribution < 1.29 is 0 Å². The molecule has 0 radical (unpaired) electrons. The minimum absolute atomic E-state index is 0.284. The second-order valence-electron chi connectivity index (χ2n) is 4.74. The molecule has 1 aromatic carbocycles. The van der Waals surface area contributed by atoms with Crippen LogP contribution >= 0.6 is 11.6 Å². The summed E-state index contributed by atoms with van der Waals surface area (Å²) in [5, 5.41) is 8.80. The van der Waals surface area contributed by atoms with E-state index in [9.17, 15) is 0 Å². The lowest BCUT2D eigenvalue weighted by atomic mass is 10.0. The second kappa shape index (κ2) is 6.73. The van der Waals surface area contributed by atoms with Crippen molar-refractivity contribution in [3.63, 3.8) is 0 Å². The highest BCUT2D eigenvalue weighted by Crippen LogP contribution is 2.20. The fourth-order valence-electron chi connectivity index (χ4n) is 2.10. The molecule has 0 saturated carbocycles. The molecule has 0 spiro atoms. The van der Waals surface area contributed by atoms with Crippen molar-refractivity contribution in [1.82, 2.24) is 15.1 Å². The number of halogens is 1. The van der Waals surface area contributed by atoms with E-state index in [1.54, 1.807) is 0 Å². The molecule has 4 heteroatoms. The molecular weight excluding hydrogens is 258 g/mol. The maximum atomic E-state index is 5.95. The lowest BCUT2D eigenvalue weighted by molar-refractivity contribution is 0.521. The highest BCUT2D eigenvalue weighted by molar-refractivity contribution is 6.30. The number of benzene rings is 1. The third-order valence-electron chi connectivity index (χ3n) is 3.10. The molecule has 0 aliphatic heterocycles. The van der Waals surface area contributed by atoms with Crippen molar-refractivity contribution in [3.8, 4) is 0 Å². The van der Waals surface area contributed by atoms with Gasteiger partial charge in [0.25, 0.3) is 0 Å². The van der Waals surface area contributed by atoms with Crippen molar-refractivity contribution in [3.05, 3.63) is 52.8 Å². The van der Waals surface area contributed by atoms with Crippen molar-refractivity contribution in [2.24, 2.45) is 7.05 Å². The number of nitrogens with zero attached hydrogens (tertiary/aromatic N) is 2. The maximum absolute atomic E-state index is 5.95. The fourth-order valence-corrected chi connectivity index (χ4v) is 2.23. The predicted octanol–water partition coefficient (Wildman–Crippen LogP) is 3.36. The highest BCUT2D eigenvalue weighted by atomic mass is 35.5. The standard InChI is InChI=1S/C15H20ClN3/c1-3-9-17-15(11-14-8-10-19(2)18-14)12-4-6-13(16)7-5-12/h4-8,10,15,17H,3,9,11H2,1-2H3. The van der Waals surface area contributed by atoms with Gasteiger partial charge in [0.15, 0.2) is 0 Å². The summed E-state index contributed by atoms with van der Waals surface area (Å²) < 4.78 is 1.84. The first-order valence-electron chi connectivity index (χ1n) is 6.66. The van der Waals surface area contributed by atoms with Crippen LogP contribution in [0, 0.1) is 0 Å². The molecule has 1 aromatic heterocycles. The van der Waals surface area contributed by atoms with E-state index >= 15 is 0 Å². The first-order chi connectivity index (χ1) is 9.19. The molecule has 3 nitrogen and oxygen atoms in total. The lowest BCUT2D eigenvalue weighted by Crippen LogP contribution is -2.24. The van der Waals surface area contributed by atoms with Gasteiger partial charge in [0, 0.05) is 30.7 Å². The molecule has 1 atom stereocenters. The SMILES string of the molecule is CCCNC(Cc1ccn(C)n1)c1ccc(Cl)cc1. The molecule has 2 rings (SSSR count). The normalized spacial score (nSPS) is 12.6. The summed E-state index contributed by atoms with van der Waals surface area (Å²) in [6.45, 7) is 3.17. The number of aromatic nitrogens is 2. The summed E-state index contributed by atoms with van der Waals surface area (Å²) >= 11 is 5.95. The van der Waals surface area contributed by atoms with Gasteiger partial charge in [-0.25, -0.2) is 0 Å². The van der Waals surface area contributed by atoms with Gasteiger partial charge in [-0.15, -0.1) is 0 Å². The number of rotatable bonds is 6. The van der Waals surface area contributed by atoms with Crippen LogP contribution < -0.4 is 5.32 Å². The predicted molar refractivity (Wildman–Crippen MR) is 79.4 cm³/mol. The Morgan fingerprint density at radius 2 is 2.00 bits per heavy atom. The first kappa shape index (κ1) is 14.1. The minimum Gasteiger partial charge on any atom is -0.310 e. The van der Waals surface area contributed by atoms with Crippen molar-refractivity contribution in [1.29, 1.82) is 0 Å². The Hall–Kier alpha value is -1.32. The largest absolute Gasteiger partial charge is 0.310 e. The Morgan fingerprint density at radius 1 is 1.26 bits per heavy atom. The molecule has 0 fully saturated rings. The minimum atomic E-state index is 0.284. The van der Waals surface area contributed by atoms with Gasteiger partial charge in [-0.05, 0) is 36.7 Å². The van der Waals surface area contributed by atoms with Gasteiger partial charge in [-0.3, -0.25) is 4.68 Å². The topological polar surface area (TPSA) is 29.9 Å². The van der Waals surface area contributed by atoms with Crippen LogP contribution in [0.3, 0.4) is 0 Å². The zero-order valence-corrected chi connectivity index (χ0v) is 12.2. The van der Waals surface area contributed by atoms with Crippen LogP contribution in [0.2, 0.25) is 5.02 Å². The maximum Gasteiger partial charge on any atom is 0.0643 e. The lowest BCUT2D eigenvalue weighted by Gasteiger charge is -2.18. The zero-order chi connectivity index (χ0) is 13.7. The van der Waals surface area contributed by atoms with E-state index in [0.717, 1.165) is 30.1 Å². The fraction of sp³-hybridized carbons (Fsp3) is 0.400. The summed E-state index contributed by atoms with van der Waals surface area (Å²) in [4.78, 5) is 0. The van der Waals surface area contributed by atoms with Crippen molar-refractivity contribution in [2.45, 2.75) is 25.8 Å². The molecule has 0 bridgehead atoms. The Kier molecular flexibility index (Phi) is 5.00. The molecule has 0 saturated heterocycles. The molecule has 0 aliphatic carbocycles. The summed E-state index contributed by atoms with van der Waals surface area (Å²) in [5.74, 6) is 0. The molecule has 1 unspecified atom stereocenters. The smallest absolute Gasteiger partial charge is 0.0643 e. The third kappa shape index (κ3) is 4.08. The van der Waals surface area contributed by atoms with Crippen LogP contribution in [0.5, 0.6) is 0 Å². The average molecular weight is 278 g/mol. The van der Waals surface area contributed by atoms with Gasteiger partial charge in [0.05, 0.1) is 5.69 Å². The molecule has 19 heavy (non-hydrogen) atoms. The van der Waals surface area contributed by atoms with Crippen LogP contribution in [-0.2, 0) is 13.5 Å². The van der Waals surface area contributed by atoms with E-state index in [4.69, 9.17) is 11.6 Å². The molecule has 102 valence electrons. The van der Waals surface area contributed by atoms with E-state index in [1.165, 1.54) is 5.56 Å². The monoisotopic (exact) mass is 277 g/mol.